The number of carboxylic acids is 1. The fourth-order valence-corrected chi connectivity index (χ4v) is 7.09. The van der Waals surface area contributed by atoms with Gasteiger partial charge in [0.25, 0.3) is 5.91 Å². The Bertz CT molecular complexity index is 1270. The van der Waals surface area contributed by atoms with Gasteiger partial charge >= 0.3 is 12.1 Å². The van der Waals surface area contributed by atoms with E-state index in [9.17, 15) is 27.6 Å². The van der Waals surface area contributed by atoms with E-state index < -0.39 is 41.3 Å². The van der Waals surface area contributed by atoms with Gasteiger partial charge in [0.15, 0.2) is 0 Å². The number of aliphatic carboxylic acids is 1. The SMILES string of the molecule is CCCC1C(C(=O)N2CCC(c3ccccc3SNCCCC(=O)O)CC2)CCCN1C(=O)c1ncccc1C(F)(F)F. The highest BCUT2D eigenvalue weighted by molar-refractivity contribution is 7.97. The van der Waals surface area contributed by atoms with Crippen LogP contribution in [0.15, 0.2) is 47.5 Å². The molecular weight excluding hydrogens is 581 g/mol. The number of carbonyl (C=O) groups is 3. The third-order valence-electron chi connectivity index (χ3n) is 8.27. The lowest BCUT2D eigenvalue weighted by Gasteiger charge is -2.43. The Morgan fingerprint density at radius 3 is 2.51 bits per heavy atom. The molecule has 2 aliphatic heterocycles. The van der Waals surface area contributed by atoms with Crippen molar-refractivity contribution >= 4 is 29.7 Å². The molecule has 1 aromatic heterocycles. The second kappa shape index (κ2) is 15.1. The molecule has 2 aliphatic rings. The molecule has 2 unspecified atom stereocenters. The van der Waals surface area contributed by atoms with Crippen LogP contribution in [-0.2, 0) is 15.8 Å². The minimum atomic E-state index is -4.71. The first-order valence-electron chi connectivity index (χ1n) is 14.9. The molecule has 0 bridgehead atoms. The van der Waals surface area contributed by atoms with Crippen molar-refractivity contribution in [1.82, 2.24) is 19.5 Å². The number of pyridine rings is 1. The van der Waals surface area contributed by atoms with Gasteiger partial charge in [-0.3, -0.25) is 24.1 Å². The normalized spacial score (nSPS) is 19.8. The van der Waals surface area contributed by atoms with E-state index in [1.54, 1.807) is 0 Å². The fourth-order valence-electron chi connectivity index (χ4n) is 6.19. The molecule has 2 aromatic rings. The number of benzene rings is 1. The van der Waals surface area contributed by atoms with Gasteiger partial charge in [0, 0.05) is 49.7 Å². The van der Waals surface area contributed by atoms with Crippen molar-refractivity contribution in [3.63, 3.8) is 0 Å². The second-order valence-corrected chi connectivity index (χ2v) is 12.1. The lowest BCUT2D eigenvalue weighted by molar-refractivity contribution is -0.141. The number of likely N-dealkylation sites (tertiary alicyclic amines) is 2. The number of hydrogen-bond acceptors (Lipinski definition) is 6. The highest BCUT2D eigenvalue weighted by atomic mass is 32.2. The third-order valence-corrected chi connectivity index (χ3v) is 9.21. The number of carbonyl (C=O) groups excluding carboxylic acids is 2. The first-order chi connectivity index (χ1) is 20.6. The summed E-state index contributed by atoms with van der Waals surface area (Å²) in [5.74, 6) is -1.83. The molecule has 0 spiro atoms. The van der Waals surface area contributed by atoms with E-state index >= 15 is 0 Å². The fraction of sp³-hybridized carbons (Fsp3) is 0.548. The van der Waals surface area contributed by atoms with E-state index in [0.717, 1.165) is 23.8 Å². The van der Waals surface area contributed by atoms with Gasteiger partial charge in [-0.15, -0.1) is 0 Å². The van der Waals surface area contributed by atoms with Crippen molar-refractivity contribution in [1.29, 1.82) is 0 Å². The summed E-state index contributed by atoms with van der Waals surface area (Å²) in [6, 6.07) is 9.66. The minimum Gasteiger partial charge on any atom is -0.481 e. The number of amides is 2. The Labute approximate surface area is 254 Å². The predicted octanol–water partition coefficient (Wildman–Crippen LogP) is 5.99. The molecule has 0 radical (unpaired) electrons. The van der Waals surface area contributed by atoms with Gasteiger partial charge < -0.3 is 14.9 Å². The molecule has 1 aromatic carbocycles. The van der Waals surface area contributed by atoms with Crippen LogP contribution in [0, 0.1) is 5.92 Å². The van der Waals surface area contributed by atoms with E-state index in [0.29, 0.717) is 58.3 Å². The molecule has 8 nitrogen and oxygen atoms in total. The zero-order valence-corrected chi connectivity index (χ0v) is 25.1. The van der Waals surface area contributed by atoms with Crippen LogP contribution in [0.2, 0.25) is 0 Å². The number of nitrogens with zero attached hydrogens (tertiary/aromatic N) is 3. The number of piperidine rings is 2. The molecule has 2 saturated heterocycles. The summed E-state index contributed by atoms with van der Waals surface area (Å²) in [7, 11) is 0. The zero-order valence-electron chi connectivity index (χ0n) is 24.3. The average Bonchev–Trinajstić information content (AvgIpc) is 3.00. The van der Waals surface area contributed by atoms with Crippen LogP contribution in [0.25, 0.3) is 0 Å². The molecule has 0 aliphatic carbocycles. The Hall–Kier alpha value is -3.12. The molecule has 234 valence electrons. The van der Waals surface area contributed by atoms with Crippen molar-refractivity contribution in [3.8, 4) is 0 Å². The summed E-state index contributed by atoms with van der Waals surface area (Å²) in [4.78, 5) is 46.3. The summed E-state index contributed by atoms with van der Waals surface area (Å²) in [5, 5.41) is 8.83. The van der Waals surface area contributed by atoms with Gasteiger partial charge in [0.05, 0.1) is 11.5 Å². The third kappa shape index (κ3) is 8.29. The molecule has 12 heteroatoms. The maximum absolute atomic E-state index is 13.9. The van der Waals surface area contributed by atoms with Gasteiger partial charge in [0.2, 0.25) is 5.91 Å². The zero-order chi connectivity index (χ0) is 31.0. The Balaban J connectivity index is 1.41. The molecule has 43 heavy (non-hydrogen) atoms. The van der Waals surface area contributed by atoms with E-state index in [1.807, 2.05) is 30.0 Å². The maximum Gasteiger partial charge on any atom is 0.418 e. The van der Waals surface area contributed by atoms with Crippen LogP contribution in [0.4, 0.5) is 13.2 Å². The summed E-state index contributed by atoms with van der Waals surface area (Å²) < 4.78 is 44.3. The van der Waals surface area contributed by atoms with Crippen molar-refractivity contribution in [2.45, 2.75) is 81.3 Å². The van der Waals surface area contributed by atoms with Crippen molar-refractivity contribution < 1.29 is 32.7 Å². The summed E-state index contributed by atoms with van der Waals surface area (Å²) >= 11 is 1.49. The molecule has 2 fully saturated rings. The lowest BCUT2D eigenvalue weighted by Crippen LogP contribution is -2.54. The molecule has 2 atom stereocenters. The van der Waals surface area contributed by atoms with Crippen LogP contribution in [-0.4, -0.2) is 69.9 Å². The number of hydrogen-bond donors (Lipinski definition) is 2. The second-order valence-electron chi connectivity index (χ2n) is 11.1. The van der Waals surface area contributed by atoms with Crippen LogP contribution in [0.3, 0.4) is 0 Å². The molecule has 3 heterocycles. The smallest absolute Gasteiger partial charge is 0.418 e. The summed E-state index contributed by atoms with van der Waals surface area (Å²) in [6.45, 7) is 3.95. The summed E-state index contributed by atoms with van der Waals surface area (Å²) in [6.07, 6.45) is 1.04. The quantitative estimate of drug-likeness (QED) is 0.235. The van der Waals surface area contributed by atoms with E-state index in [1.165, 1.54) is 34.7 Å². The predicted molar refractivity (Wildman–Crippen MR) is 157 cm³/mol. The maximum atomic E-state index is 13.9. The van der Waals surface area contributed by atoms with E-state index in [4.69, 9.17) is 5.11 Å². The molecule has 4 rings (SSSR count). The van der Waals surface area contributed by atoms with Gasteiger partial charge in [-0.05, 0) is 80.2 Å². The lowest BCUT2D eigenvalue weighted by atomic mass is 9.83. The Morgan fingerprint density at radius 2 is 1.81 bits per heavy atom. The first kappa shape index (κ1) is 32.8. The number of carboxylic acid groups (broad SMARTS) is 1. The van der Waals surface area contributed by atoms with Crippen molar-refractivity contribution in [3.05, 3.63) is 59.4 Å². The number of aromatic nitrogens is 1. The van der Waals surface area contributed by atoms with Gasteiger partial charge in [-0.2, -0.15) is 13.2 Å². The summed E-state index contributed by atoms with van der Waals surface area (Å²) in [5.41, 5.74) is -0.475. The van der Waals surface area contributed by atoms with Crippen LogP contribution >= 0.6 is 11.9 Å². The molecular formula is C31H39F3N4O4S. The standard InChI is InChI=1S/C31H39F3N4O4S/c1-2-8-25-23(10-7-18-38(25)30(42)28-24(31(32,33)34)11-5-16-35-28)29(41)37-19-14-21(15-20-37)22-9-3-4-12-26(22)43-36-17-6-13-27(39)40/h3-5,9,11-12,16,21,23,25,36H,2,6-8,10,13-15,17-20H2,1H3,(H,39,40). The first-order valence-corrected chi connectivity index (χ1v) is 15.8. The van der Waals surface area contributed by atoms with E-state index in [-0.39, 0.29) is 18.2 Å². The largest absolute Gasteiger partial charge is 0.481 e. The van der Waals surface area contributed by atoms with E-state index in [2.05, 4.69) is 15.8 Å². The molecule has 0 saturated carbocycles. The monoisotopic (exact) mass is 620 g/mol. The van der Waals surface area contributed by atoms with Gasteiger partial charge in [-0.25, -0.2) is 0 Å². The number of alkyl halides is 3. The van der Waals surface area contributed by atoms with Crippen molar-refractivity contribution in [2.75, 3.05) is 26.2 Å². The number of rotatable bonds is 11. The van der Waals surface area contributed by atoms with Crippen LogP contribution < -0.4 is 4.72 Å². The minimum absolute atomic E-state index is 0.0331. The number of nitrogens with one attached hydrogen (secondary N) is 1. The molecule has 2 amide bonds. The van der Waals surface area contributed by atoms with Crippen LogP contribution in [0.1, 0.15) is 85.8 Å². The highest BCUT2D eigenvalue weighted by Crippen LogP contribution is 2.37. The average molecular weight is 621 g/mol. The van der Waals surface area contributed by atoms with Crippen molar-refractivity contribution in [2.24, 2.45) is 5.92 Å². The number of halogens is 3. The Kier molecular flexibility index (Phi) is 11.5. The highest BCUT2D eigenvalue weighted by Gasteiger charge is 2.43. The molecule has 2 N–H and O–H groups in total. The van der Waals surface area contributed by atoms with Gasteiger partial charge in [-0.1, -0.05) is 31.5 Å². The topological polar surface area (TPSA) is 103 Å². The Morgan fingerprint density at radius 1 is 1.07 bits per heavy atom. The van der Waals surface area contributed by atoms with Gasteiger partial charge in [0.1, 0.15) is 5.69 Å². The van der Waals surface area contributed by atoms with Crippen LogP contribution in [0.5, 0.6) is 0 Å².